The predicted octanol–water partition coefficient (Wildman–Crippen LogP) is -0.375. The van der Waals surface area contributed by atoms with Crippen LogP contribution in [0.2, 0.25) is 0 Å². The summed E-state index contributed by atoms with van der Waals surface area (Å²) in [5, 5.41) is 50.8. The van der Waals surface area contributed by atoms with Gasteiger partial charge in [-0.25, -0.2) is 9.59 Å². The summed E-state index contributed by atoms with van der Waals surface area (Å²) in [5.74, 6) is -3.30. The van der Waals surface area contributed by atoms with E-state index in [0.29, 0.717) is 0 Å². The molecule has 0 spiro atoms. The smallest absolute Gasteiger partial charge is 0.338 e. The number of carboxylic acids is 1. The molecule has 3 aliphatic rings. The molecule has 0 amide bonds. The van der Waals surface area contributed by atoms with E-state index in [1.54, 1.807) is 37.3 Å². The maximum Gasteiger partial charge on any atom is 0.338 e. The zero-order valence-corrected chi connectivity index (χ0v) is 18.3. The molecule has 2 aliphatic heterocycles. The van der Waals surface area contributed by atoms with Crippen LogP contribution in [0.5, 0.6) is 0 Å². The van der Waals surface area contributed by atoms with Crippen molar-refractivity contribution in [1.82, 2.24) is 0 Å². The van der Waals surface area contributed by atoms with Gasteiger partial charge in [0, 0.05) is 11.8 Å². The van der Waals surface area contributed by atoms with E-state index >= 15 is 0 Å². The highest BCUT2D eigenvalue weighted by atomic mass is 16.8. The van der Waals surface area contributed by atoms with Crippen molar-refractivity contribution in [1.29, 1.82) is 0 Å². The van der Waals surface area contributed by atoms with E-state index in [2.05, 4.69) is 0 Å². The van der Waals surface area contributed by atoms with E-state index in [1.807, 2.05) is 0 Å². The fourth-order valence-corrected chi connectivity index (χ4v) is 4.79. The number of esters is 1. The molecular formula is C23H28O11. The van der Waals surface area contributed by atoms with Gasteiger partial charge in [0.2, 0.25) is 6.29 Å². The van der Waals surface area contributed by atoms with Crippen molar-refractivity contribution in [2.45, 2.75) is 56.4 Å². The Balaban J connectivity index is 1.45. The summed E-state index contributed by atoms with van der Waals surface area (Å²) in [6.45, 7) is 1.32. The Labute approximate surface area is 195 Å². The largest absolute Gasteiger partial charge is 0.478 e. The summed E-state index contributed by atoms with van der Waals surface area (Å²) in [6, 6.07) is 8.17. The molecule has 10 atom stereocenters. The molecule has 5 N–H and O–H groups in total. The van der Waals surface area contributed by atoms with Crippen molar-refractivity contribution >= 4 is 11.9 Å². The molecule has 1 saturated carbocycles. The Hall–Kier alpha value is -2.54. The van der Waals surface area contributed by atoms with Crippen molar-refractivity contribution in [3.63, 3.8) is 0 Å². The van der Waals surface area contributed by atoms with E-state index in [4.69, 9.17) is 18.9 Å². The quantitative estimate of drug-likeness (QED) is 0.336. The van der Waals surface area contributed by atoms with Crippen molar-refractivity contribution in [2.24, 2.45) is 17.8 Å². The molecule has 1 aliphatic carbocycles. The number of ether oxygens (including phenoxy) is 4. The molecular weight excluding hydrogens is 452 g/mol. The summed E-state index contributed by atoms with van der Waals surface area (Å²) in [4.78, 5) is 23.8. The molecule has 11 heteroatoms. The first-order valence-corrected chi connectivity index (χ1v) is 11.0. The molecule has 186 valence electrons. The van der Waals surface area contributed by atoms with E-state index in [9.17, 15) is 35.1 Å². The SMILES string of the molecule is C[C@H]1C2C(C[C@@H]1O)C(C(=O)O)=CO[C@H]2O[C@@H]1O[C@H](COC(=O)c2ccccc2)[C@@H](O)[C@H](O)[C@H]1O. The van der Waals surface area contributed by atoms with Crippen LogP contribution in [0.1, 0.15) is 23.7 Å². The Bertz CT molecular complexity index is 919. The maximum absolute atomic E-state index is 12.2. The number of aliphatic hydroxyl groups excluding tert-OH is 4. The molecule has 0 aromatic heterocycles. The standard InChI is InChI=1S/C23H28O11/c1-10-14(24)7-12-13(20(28)29)8-32-22(16(10)12)34-23-19(27)18(26)17(25)15(33-23)9-31-21(30)11-5-3-2-4-6-11/h2-6,8,10,12,14-19,22-27H,7,9H2,1H3,(H,28,29)/t10-,12?,14+,15-,16?,17-,18+,19-,22+,23+/m1/s1. The van der Waals surface area contributed by atoms with E-state index < -0.39 is 73.5 Å². The van der Waals surface area contributed by atoms with Crippen LogP contribution >= 0.6 is 0 Å². The van der Waals surface area contributed by atoms with Crippen molar-refractivity contribution in [2.75, 3.05) is 6.61 Å². The molecule has 1 aromatic rings. The minimum Gasteiger partial charge on any atom is -0.478 e. The topological polar surface area (TPSA) is 172 Å². The van der Waals surface area contributed by atoms with Crippen molar-refractivity contribution in [3.05, 3.63) is 47.7 Å². The lowest BCUT2D eigenvalue weighted by molar-refractivity contribution is -0.342. The Morgan fingerprint density at radius 3 is 2.41 bits per heavy atom. The number of carboxylic acid groups (broad SMARTS) is 1. The molecule has 2 fully saturated rings. The number of hydrogen-bond acceptors (Lipinski definition) is 10. The molecule has 0 bridgehead atoms. The van der Waals surface area contributed by atoms with Crippen LogP contribution < -0.4 is 0 Å². The first-order chi connectivity index (χ1) is 16.2. The number of aliphatic carboxylic acids is 1. The third kappa shape index (κ3) is 4.67. The number of carbonyl (C=O) groups excluding carboxylic acids is 1. The number of hydrogen-bond donors (Lipinski definition) is 5. The summed E-state index contributed by atoms with van der Waals surface area (Å²) in [5.41, 5.74) is 0.303. The first kappa shape index (κ1) is 24.6. The van der Waals surface area contributed by atoms with Crippen LogP contribution in [0.3, 0.4) is 0 Å². The zero-order valence-electron chi connectivity index (χ0n) is 18.3. The minimum absolute atomic E-state index is 0.0134. The van der Waals surface area contributed by atoms with Crippen molar-refractivity contribution in [3.8, 4) is 0 Å². The minimum atomic E-state index is -1.67. The van der Waals surface area contributed by atoms with Crippen LogP contribution in [0.4, 0.5) is 0 Å². The number of benzene rings is 1. The average molecular weight is 480 g/mol. The van der Waals surface area contributed by atoms with Gasteiger partial charge in [-0.2, -0.15) is 0 Å². The third-order valence-electron chi connectivity index (χ3n) is 6.79. The van der Waals surface area contributed by atoms with Gasteiger partial charge < -0.3 is 44.5 Å². The average Bonchev–Trinajstić information content (AvgIpc) is 3.13. The van der Waals surface area contributed by atoms with E-state index in [0.717, 1.165) is 6.26 Å². The summed E-state index contributed by atoms with van der Waals surface area (Å²) in [6.07, 6.45) is -8.19. The second-order valence-corrected chi connectivity index (χ2v) is 8.84. The van der Waals surface area contributed by atoms with Crippen LogP contribution in [0.25, 0.3) is 0 Å². The van der Waals surface area contributed by atoms with Crippen molar-refractivity contribution < 1.29 is 54.1 Å². The van der Waals surface area contributed by atoms with Gasteiger partial charge in [0.15, 0.2) is 6.29 Å². The Morgan fingerprint density at radius 2 is 1.74 bits per heavy atom. The Morgan fingerprint density at radius 1 is 1.03 bits per heavy atom. The second kappa shape index (κ2) is 9.98. The molecule has 34 heavy (non-hydrogen) atoms. The summed E-state index contributed by atoms with van der Waals surface area (Å²) < 4.78 is 22.1. The van der Waals surface area contributed by atoms with Gasteiger partial charge >= 0.3 is 11.9 Å². The van der Waals surface area contributed by atoms with Gasteiger partial charge in [0.1, 0.15) is 31.0 Å². The fourth-order valence-electron chi connectivity index (χ4n) is 4.79. The predicted molar refractivity (Wildman–Crippen MR) is 112 cm³/mol. The van der Waals surface area contributed by atoms with Crippen LogP contribution in [0, 0.1) is 17.8 Å². The van der Waals surface area contributed by atoms with Gasteiger partial charge in [-0.3, -0.25) is 0 Å². The lowest BCUT2D eigenvalue weighted by atomic mass is 9.83. The maximum atomic E-state index is 12.2. The Kier molecular flexibility index (Phi) is 7.22. The molecule has 1 saturated heterocycles. The molecule has 2 heterocycles. The van der Waals surface area contributed by atoms with Crippen LogP contribution in [-0.2, 0) is 23.7 Å². The molecule has 1 aromatic carbocycles. The highest BCUT2D eigenvalue weighted by molar-refractivity contribution is 5.89. The van der Waals surface area contributed by atoms with E-state index in [-0.39, 0.29) is 23.5 Å². The monoisotopic (exact) mass is 480 g/mol. The second-order valence-electron chi connectivity index (χ2n) is 8.84. The number of rotatable bonds is 6. The van der Waals surface area contributed by atoms with Gasteiger partial charge in [-0.05, 0) is 24.5 Å². The lowest BCUT2D eigenvalue weighted by Crippen LogP contribution is -2.60. The van der Waals surface area contributed by atoms with Gasteiger partial charge in [0.25, 0.3) is 0 Å². The highest BCUT2D eigenvalue weighted by Gasteiger charge is 2.53. The number of fused-ring (bicyclic) bond motifs is 1. The van der Waals surface area contributed by atoms with Gasteiger partial charge in [-0.1, -0.05) is 25.1 Å². The van der Waals surface area contributed by atoms with Crippen LogP contribution in [-0.4, -0.2) is 87.2 Å². The van der Waals surface area contributed by atoms with Crippen LogP contribution in [0.15, 0.2) is 42.2 Å². The summed E-state index contributed by atoms with van der Waals surface area (Å²) >= 11 is 0. The van der Waals surface area contributed by atoms with Gasteiger partial charge in [-0.15, -0.1) is 0 Å². The molecule has 2 unspecified atom stereocenters. The number of aliphatic hydroxyl groups is 4. The van der Waals surface area contributed by atoms with E-state index in [1.165, 1.54) is 0 Å². The lowest BCUT2D eigenvalue weighted by Gasteiger charge is -2.43. The fraction of sp³-hybridized carbons (Fsp3) is 0.565. The molecule has 0 radical (unpaired) electrons. The van der Waals surface area contributed by atoms with Gasteiger partial charge in [0.05, 0.1) is 23.5 Å². The summed E-state index contributed by atoms with van der Waals surface area (Å²) in [7, 11) is 0. The molecule has 11 nitrogen and oxygen atoms in total. The zero-order chi connectivity index (χ0) is 24.6. The number of carbonyl (C=O) groups is 2. The highest BCUT2D eigenvalue weighted by Crippen LogP contribution is 2.47. The normalized spacial score (nSPS) is 39.5. The first-order valence-electron chi connectivity index (χ1n) is 11.0. The molecule has 4 rings (SSSR count). The third-order valence-corrected chi connectivity index (χ3v) is 6.79.